The van der Waals surface area contributed by atoms with Crippen LogP contribution in [0.2, 0.25) is 0 Å². The maximum absolute atomic E-state index is 2.57. The van der Waals surface area contributed by atoms with Crippen LogP contribution in [0.3, 0.4) is 0 Å². The van der Waals surface area contributed by atoms with Crippen molar-refractivity contribution in [3.63, 3.8) is 0 Å². The molecule has 0 fully saturated rings. The van der Waals surface area contributed by atoms with Gasteiger partial charge in [0.25, 0.3) is 0 Å². The molecule has 38 heavy (non-hydrogen) atoms. The molecule has 0 aromatic heterocycles. The molecule has 1 aliphatic rings. The highest BCUT2D eigenvalue weighted by atomic mass is 15.1. The van der Waals surface area contributed by atoms with E-state index in [9.17, 15) is 0 Å². The Kier molecular flexibility index (Phi) is 7.09. The van der Waals surface area contributed by atoms with Crippen molar-refractivity contribution in [2.24, 2.45) is 10.8 Å². The van der Waals surface area contributed by atoms with E-state index >= 15 is 0 Å². The van der Waals surface area contributed by atoms with Gasteiger partial charge >= 0.3 is 0 Å². The zero-order chi connectivity index (χ0) is 26.9. The van der Waals surface area contributed by atoms with Crippen molar-refractivity contribution >= 4 is 11.4 Å². The van der Waals surface area contributed by atoms with Crippen molar-refractivity contribution in [2.75, 3.05) is 22.9 Å². The quantitative estimate of drug-likeness (QED) is 0.269. The lowest BCUT2D eigenvalue weighted by Crippen LogP contribution is -2.33. The van der Waals surface area contributed by atoms with Crippen molar-refractivity contribution in [2.45, 2.75) is 54.6 Å². The first kappa shape index (κ1) is 26.1. The normalized spacial score (nSPS) is 13.9. The number of hydrogen-bond acceptors (Lipinski definition) is 2. The Morgan fingerprint density at radius 3 is 1.29 bits per heavy atom. The minimum Gasteiger partial charge on any atom is -0.366 e. The largest absolute Gasteiger partial charge is 0.366 e. The Bertz CT molecular complexity index is 1290. The standard InChI is InChI=1S/C36H42N2/c1-35(2,3)25-37-23-27-13-11-16-30(21-27)32-18-8-10-20-34(32)38(26-36(4,5)6)24-28-14-12-15-29(22-28)31-17-7-9-19-33(31)37/h7-22H,23-26H2,1-6H3. The third kappa shape index (κ3) is 6.13. The molecule has 2 nitrogen and oxygen atoms in total. The van der Waals surface area contributed by atoms with E-state index in [0.29, 0.717) is 0 Å². The van der Waals surface area contributed by atoms with E-state index in [1.54, 1.807) is 0 Å². The molecule has 196 valence electrons. The van der Waals surface area contributed by atoms with Crippen LogP contribution in [0.4, 0.5) is 11.4 Å². The lowest BCUT2D eigenvalue weighted by Gasteiger charge is -2.35. The van der Waals surface area contributed by atoms with Crippen molar-refractivity contribution in [1.82, 2.24) is 0 Å². The van der Waals surface area contributed by atoms with E-state index in [4.69, 9.17) is 0 Å². The monoisotopic (exact) mass is 502 g/mol. The number of hydrogen-bond donors (Lipinski definition) is 0. The second-order valence-electron chi connectivity index (χ2n) is 13.3. The Balaban J connectivity index is 1.74. The Morgan fingerprint density at radius 1 is 0.500 bits per heavy atom. The third-order valence-corrected chi connectivity index (χ3v) is 7.04. The van der Waals surface area contributed by atoms with Crippen LogP contribution in [0.5, 0.6) is 0 Å². The summed E-state index contributed by atoms with van der Waals surface area (Å²) in [6.45, 7) is 17.7. The molecule has 0 radical (unpaired) electrons. The number of para-hydroxylation sites is 2. The fourth-order valence-electron chi connectivity index (χ4n) is 5.70. The van der Waals surface area contributed by atoms with Crippen molar-refractivity contribution in [1.29, 1.82) is 0 Å². The van der Waals surface area contributed by atoms with Gasteiger partial charge in [0.1, 0.15) is 0 Å². The lowest BCUT2D eigenvalue weighted by atomic mass is 9.92. The topological polar surface area (TPSA) is 6.48 Å². The van der Waals surface area contributed by atoms with Gasteiger partial charge in [-0.2, -0.15) is 0 Å². The zero-order valence-electron chi connectivity index (χ0n) is 24.0. The molecule has 0 atom stereocenters. The van der Waals surface area contributed by atoms with E-state index in [2.05, 4.69) is 148 Å². The van der Waals surface area contributed by atoms with Gasteiger partial charge in [-0.1, -0.05) is 114 Å². The summed E-state index contributed by atoms with van der Waals surface area (Å²) in [5, 5.41) is 0. The van der Waals surface area contributed by atoms with Crippen molar-refractivity contribution < 1.29 is 0 Å². The smallest absolute Gasteiger partial charge is 0.0449 e. The Morgan fingerprint density at radius 2 is 0.895 bits per heavy atom. The van der Waals surface area contributed by atoms with E-state index in [-0.39, 0.29) is 10.8 Å². The van der Waals surface area contributed by atoms with Gasteiger partial charge in [0.05, 0.1) is 0 Å². The first-order valence-electron chi connectivity index (χ1n) is 13.9. The zero-order valence-corrected chi connectivity index (χ0v) is 24.0. The summed E-state index contributed by atoms with van der Waals surface area (Å²) in [5.74, 6) is 0. The van der Waals surface area contributed by atoms with Crippen LogP contribution in [0, 0.1) is 10.8 Å². The molecule has 1 heterocycles. The second kappa shape index (κ2) is 10.3. The summed E-state index contributed by atoms with van der Waals surface area (Å²) < 4.78 is 0. The van der Waals surface area contributed by atoms with Crippen LogP contribution >= 0.6 is 0 Å². The van der Waals surface area contributed by atoms with Crippen LogP contribution in [-0.2, 0) is 13.1 Å². The average molecular weight is 503 g/mol. The van der Waals surface area contributed by atoms with Crippen LogP contribution < -0.4 is 9.80 Å². The number of rotatable bonds is 2. The summed E-state index contributed by atoms with van der Waals surface area (Å²) >= 11 is 0. The Labute approximate surface area is 229 Å². The maximum Gasteiger partial charge on any atom is 0.0449 e. The summed E-state index contributed by atoms with van der Waals surface area (Å²) in [7, 11) is 0. The van der Waals surface area contributed by atoms with E-state index in [1.165, 1.54) is 44.8 Å². The average Bonchev–Trinajstić information content (AvgIpc) is 2.86. The molecule has 0 aliphatic carbocycles. The van der Waals surface area contributed by atoms with E-state index in [0.717, 1.165) is 26.2 Å². The molecular weight excluding hydrogens is 460 g/mol. The van der Waals surface area contributed by atoms with Crippen LogP contribution in [0.1, 0.15) is 52.7 Å². The van der Waals surface area contributed by atoms with Crippen molar-refractivity contribution in [3.05, 3.63) is 108 Å². The van der Waals surface area contributed by atoms with Gasteiger partial charge in [-0.25, -0.2) is 0 Å². The molecule has 0 spiro atoms. The highest BCUT2D eigenvalue weighted by molar-refractivity contribution is 5.81. The van der Waals surface area contributed by atoms with Crippen LogP contribution in [-0.4, -0.2) is 13.1 Å². The molecule has 5 rings (SSSR count). The summed E-state index contributed by atoms with van der Waals surface area (Å²) in [5.41, 5.74) is 10.8. The predicted molar refractivity (Wildman–Crippen MR) is 165 cm³/mol. The van der Waals surface area contributed by atoms with Gasteiger partial charge < -0.3 is 9.80 Å². The molecule has 0 saturated carbocycles. The van der Waals surface area contributed by atoms with Gasteiger partial charge in [0.15, 0.2) is 0 Å². The van der Waals surface area contributed by atoms with E-state index < -0.39 is 0 Å². The molecule has 4 bridgehead atoms. The van der Waals surface area contributed by atoms with Gasteiger partial charge in [0.2, 0.25) is 0 Å². The predicted octanol–water partition coefficient (Wildman–Crippen LogP) is 9.44. The molecular formula is C36H42N2. The van der Waals surface area contributed by atoms with Gasteiger partial charge in [-0.05, 0) is 57.3 Å². The second-order valence-corrected chi connectivity index (χ2v) is 13.3. The van der Waals surface area contributed by atoms with Gasteiger partial charge in [-0.3, -0.25) is 0 Å². The summed E-state index contributed by atoms with van der Waals surface area (Å²) in [6, 6.07) is 36.2. The highest BCUT2D eigenvalue weighted by Gasteiger charge is 2.23. The SMILES string of the molecule is CC(C)(C)CN1Cc2cccc(c2)-c2ccccc2N(CC(C)(C)C)Cc2cccc(c2)-c2ccccc21. The number of nitrogens with zero attached hydrogens (tertiary/aromatic N) is 2. The fraction of sp³-hybridized carbons (Fsp3) is 0.333. The van der Waals surface area contributed by atoms with Gasteiger partial charge in [-0.15, -0.1) is 0 Å². The molecule has 4 aromatic carbocycles. The number of benzene rings is 4. The summed E-state index contributed by atoms with van der Waals surface area (Å²) in [4.78, 5) is 5.15. The van der Waals surface area contributed by atoms with Crippen LogP contribution in [0.15, 0.2) is 97.1 Å². The molecule has 0 amide bonds. The molecule has 4 aromatic rings. The number of fused-ring (bicyclic) bond motifs is 8. The first-order valence-corrected chi connectivity index (χ1v) is 13.9. The lowest BCUT2D eigenvalue weighted by molar-refractivity contribution is 0.408. The molecule has 1 aliphatic heterocycles. The molecule has 0 N–H and O–H groups in total. The maximum atomic E-state index is 2.57. The molecule has 2 heteroatoms. The highest BCUT2D eigenvalue weighted by Crippen LogP contribution is 2.38. The van der Waals surface area contributed by atoms with Crippen molar-refractivity contribution in [3.8, 4) is 22.3 Å². The minimum absolute atomic E-state index is 0.165. The molecule has 0 unspecified atom stereocenters. The first-order chi connectivity index (χ1) is 18.1. The number of anilines is 2. The minimum atomic E-state index is 0.165. The fourth-order valence-corrected chi connectivity index (χ4v) is 5.70. The summed E-state index contributed by atoms with van der Waals surface area (Å²) in [6.07, 6.45) is 0. The van der Waals surface area contributed by atoms with Crippen LogP contribution in [0.25, 0.3) is 22.3 Å². The molecule has 0 saturated heterocycles. The van der Waals surface area contributed by atoms with E-state index in [1.807, 2.05) is 0 Å². The Hall–Kier alpha value is -3.52. The van der Waals surface area contributed by atoms with Gasteiger partial charge in [0, 0.05) is 48.7 Å². The third-order valence-electron chi connectivity index (χ3n) is 7.04.